The quantitative estimate of drug-likeness (QED) is 0.461. The van der Waals surface area contributed by atoms with Crippen LogP contribution in [0.5, 0.6) is 0 Å². The van der Waals surface area contributed by atoms with Crippen molar-refractivity contribution < 1.29 is 38.4 Å². The van der Waals surface area contributed by atoms with E-state index in [4.69, 9.17) is 23.7 Å². The zero-order valence-corrected chi connectivity index (χ0v) is 17.6. The number of rotatable bonds is 8. The SMILES string of the molecule is C=CCOC(=O)[C@@H](C)CO[C@@H]1OC2COC(c3ccccc3)O[C@H]2[C@H](O)C1NC(C)=O. The van der Waals surface area contributed by atoms with Crippen molar-refractivity contribution in [3.8, 4) is 0 Å². The Labute approximate surface area is 181 Å². The van der Waals surface area contributed by atoms with Crippen LogP contribution in [0.15, 0.2) is 43.0 Å². The van der Waals surface area contributed by atoms with Gasteiger partial charge < -0.3 is 34.1 Å². The van der Waals surface area contributed by atoms with Gasteiger partial charge in [0.05, 0.1) is 19.1 Å². The molecule has 2 N–H and O–H groups in total. The molecule has 1 amide bonds. The first-order chi connectivity index (χ1) is 14.9. The molecular weight excluding hydrogens is 406 g/mol. The van der Waals surface area contributed by atoms with Crippen LogP contribution in [0.3, 0.4) is 0 Å². The summed E-state index contributed by atoms with van der Waals surface area (Å²) in [6.07, 6.45) is -2.61. The number of fused-ring (bicyclic) bond motifs is 1. The monoisotopic (exact) mass is 435 g/mol. The van der Waals surface area contributed by atoms with E-state index in [0.717, 1.165) is 5.56 Å². The highest BCUT2D eigenvalue weighted by Gasteiger charge is 2.50. The van der Waals surface area contributed by atoms with Gasteiger partial charge in [0.1, 0.15) is 31.0 Å². The minimum absolute atomic E-state index is 0.0187. The summed E-state index contributed by atoms with van der Waals surface area (Å²) < 4.78 is 28.5. The summed E-state index contributed by atoms with van der Waals surface area (Å²) in [5.74, 6) is -1.37. The lowest BCUT2D eigenvalue weighted by Crippen LogP contribution is -2.66. The number of hydrogen-bond donors (Lipinski definition) is 2. The number of hydrogen-bond acceptors (Lipinski definition) is 8. The first-order valence-electron chi connectivity index (χ1n) is 10.2. The van der Waals surface area contributed by atoms with E-state index in [1.165, 1.54) is 13.0 Å². The van der Waals surface area contributed by atoms with Crippen LogP contribution in [0.1, 0.15) is 25.7 Å². The number of amides is 1. The number of nitrogens with one attached hydrogen (secondary N) is 1. The third-order valence-corrected chi connectivity index (χ3v) is 5.06. The van der Waals surface area contributed by atoms with Crippen molar-refractivity contribution in [2.75, 3.05) is 19.8 Å². The van der Waals surface area contributed by atoms with Crippen molar-refractivity contribution in [2.24, 2.45) is 5.92 Å². The Kier molecular flexibility index (Phi) is 8.16. The van der Waals surface area contributed by atoms with Crippen molar-refractivity contribution in [2.45, 2.75) is 50.8 Å². The molecular formula is C22H29NO8. The van der Waals surface area contributed by atoms with Gasteiger partial charge in [-0.1, -0.05) is 43.0 Å². The first kappa shape index (κ1) is 23.4. The van der Waals surface area contributed by atoms with Crippen molar-refractivity contribution in [3.63, 3.8) is 0 Å². The molecule has 2 saturated heterocycles. The van der Waals surface area contributed by atoms with Gasteiger partial charge >= 0.3 is 5.97 Å². The van der Waals surface area contributed by atoms with Crippen LogP contribution >= 0.6 is 0 Å². The summed E-state index contributed by atoms with van der Waals surface area (Å²) in [5, 5.41) is 13.6. The van der Waals surface area contributed by atoms with Crippen LogP contribution < -0.4 is 5.32 Å². The molecule has 2 aliphatic heterocycles. The fourth-order valence-corrected chi connectivity index (χ4v) is 3.49. The van der Waals surface area contributed by atoms with Crippen LogP contribution in [-0.4, -0.2) is 67.4 Å². The summed E-state index contributed by atoms with van der Waals surface area (Å²) in [6, 6.07) is 8.47. The molecule has 31 heavy (non-hydrogen) atoms. The van der Waals surface area contributed by atoms with Gasteiger partial charge in [-0.05, 0) is 6.92 Å². The number of aliphatic hydroxyl groups is 1. The topological polar surface area (TPSA) is 113 Å². The van der Waals surface area contributed by atoms with Crippen molar-refractivity contribution in [1.82, 2.24) is 5.32 Å². The standard InChI is InChI=1S/C22H29NO8/c1-4-10-27-20(26)13(2)11-28-22-17(23-14(3)24)18(25)19-16(30-22)12-29-21(31-19)15-8-6-5-7-9-15/h4-9,13,16-19,21-22,25H,1,10-12H2,2-3H3,(H,23,24)/t13-,16?,17?,18+,19+,21?,22+/m0/s1. The van der Waals surface area contributed by atoms with Crippen LogP contribution in [0.25, 0.3) is 0 Å². The van der Waals surface area contributed by atoms with Gasteiger partial charge in [0.25, 0.3) is 0 Å². The highest BCUT2D eigenvalue weighted by Crippen LogP contribution is 2.34. The molecule has 3 rings (SSSR count). The van der Waals surface area contributed by atoms with Gasteiger partial charge in [-0.25, -0.2) is 0 Å². The Hall–Kier alpha value is -2.30. The van der Waals surface area contributed by atoms with E-state index in [0.29, 0.717) is 0 Å². The van der Waals surface area contributed by atoms with Gasteiger partial charge in [-0.15, -0.1) is 0 Å². The Morgan fingerprint density at radius 3 is 2.74 bits per heavy atom. The van der Waals surface area contributed by atoms with Crippen LogP contribution in [-0.2, 0) is 33.3 Å². The lowest BCUT2D eigenvalue weighted by molar-refractivity contribution is -0.344. The first-order valence-corrected chi connectivity index (χ1v) is 10.2. The van der Waals surface area contributed by atoms with E-state index >= 15 is 0 Å². The third-order valence-electron chi connectivity index (χ3n) is 5.06. The maximum atomic E-state index is 11.9. The van der Waals surface area contributed by atoms with E-state index in [9.17, 15) is 14.7 Å². The average Bonchev–Trinajstić information content (AvgIpc) is 2.78. The number of aliphatic hydroxyl groups excluding tert-OH is 1. The normalized spacial score (nSPS) is 31.2. The summed E-state index contributed by atoms with van der Waals surface area (Å²) in [4.78, 5) is 23.7. The van der Waals surface area contributed by atoms with Crippen LogP contribution in [0.4, 0.5) is 0 Å². The summed E-state index contributed by atoms with van der Waals surface area (Å²) >= 11 is 0. The van der Waals surface area contributed by atoms with Gasteiger partial charge in [-0.3, -0.25) is 9.59 Å². The second kappa shape index (κ2) is 10.8. The largest absolute Gasteiger partial charge is 0.461 e. The third kappa shape index (κ3) is 5.90. The Morgan fingerprint density at radius 2 is 2.06 bits per heavy atom. The summed E-state index contributed by atoms with van der Waals surface area (Å²) in [6.45, 7) is 6.75. The molecule has 9 nitrogen and oxygen atoms in total. The second-order valence-electron chi connectivity index (χ2n) is 7.59. The number of ether oxygens (including phenoxy) is 5. The zero-order valence-electron chi connectivity index (χ0n) is 17.6. The van der Waals surface area contributed by atoms with E-state index in [1.54, 1.807) is 6.92 Å². The van der Waals surface area contributed by atoms with Crippen LogP contribution in [0, 0.1) is 5.92 Å². The molecule has 2 aliphatic rings. The van der Waals surface area contributed by atoms with Gasteiger partial charge in [0.15, 0.2) is 12.6 Å². The molecule has 1 aromatic carbocycles. The molecule has 3 unspecified atom stereocenters. The second-order valence-corrected chi connectivity index (χ2v) is 7.59. The maximum Gasteiger partial charge on any atom is 0.311 e. The molecule has 2 fully saturated rings. The molecule has 0 aliphatic carbocycles. The van der Waals surface area contributed by atoms with Crippen molar-refractivity contribution in [3.05, 3.63) is 48.6 Å². The molecule has 0 aromatic heterocycles. The molecule has 0 radical (unpaired) electrons. The number of carbonyl (C=O) groups is 2. The van der Waals surface area contributed by atoms with Crippen molar-refractivity contribution >= 4 is 11.9 Å². The average molecular weight is 435 g/mol. The Bertz CT molecular complexity index is 757. The number of esters is 1. The molecule has 9 heteroatoms. The van der Waals surface area contributed by atoms with E-state index < -0.39 is 48.8 Å². The Balaban J connectivity index is 1.66. The lowest BCUT2D eigenvalue weighted by atomic mass is 9.95. The fraction of sp³-hybridized carbons (Fsp3) is 0.545. The molecule has 170 valence electrons. The molecule has 1 aromatic rings. The predicted octanol–water partition coefficient (Wildman–Crippen LogP) is 1.07. The van der Waals surface area contributed by atoms with E-state index in [-0.39, 0.29) is 25.7 Å². The van der Waals surface area contributed by atoms with Gasteiger partial charge in [0.2, 0.25) is 5.91 Å². The van der Waals surface area contributed by atoms with Crippen molar-refractivity contribution in [1.29, 1.82) is 0 Å². The predicted molar refractivity (Wildman–Crippen MR) is 109 cm³/mol. The van der Waals surface area contributed by atoms with Gasteiger partial charge in [-0.2, -0.15) is 0 Å². The Morgan fingerprint density at radius 1 is 1.32 bits per heavy atom. The van der Waals surface area contributed by atoms with E-state index in [1.807, 2.05) is 30.3 Å². The molecule has 7 atom stereocenters. The minimum Gasteiger partial charge on any atom is -0.461 e. The fourth-order valence-electron chi connectivity index (χ4n) is 3.49. The van der Waals surface area contributed by atoms with E-state index in [2.05, 4.69) is 11.9 Å². The highest BCUT2D eigenvalue weighted by atomic mass is 16.7. The summed E-state index contributed by atoms with van der Waals surface area (Å²) in [5.41, 5.74) is 0.814. The minimum atomic E-state index is -1.11. The molecule has 2 heterocycles. The molecule has 0 bridgehead atoms. The summed E-state index contributed by atoms with van der Waals surface area (Å²) in [7, 11) is 0. The van der Waals surface area contributed by atoms with Gasteiger partial charge in [0, 0.05) is 12.5 Å². The molecule has 0 spiro atoms. The maximum absolute atomic E-state index is 11.9. The number of carbonyl (C=O) groups excluding carboxylic acids is 2. The molecule has 0 saturated carbocycles. The highest BCUT2D eigenvalue weighted by molar-refractivity contribution is 5.73. The number of benzene rings is 1. The van der Waals surface area contributed by atoms with Crippen LogP contribution in [0.2, 0.25) is 0 Å². The lowest BCUT2D eigenvalue weighted by Gasteiger charge is -2.47. The smallest absolute Gasteiger partial charge is 0.311 e. The zero-order chi connectivity index (χ0) is 22.4.